The van der Waals surface area contributed by atoms with E-state index in [4.69, 9.17) is 14.2 Å². The van der Waals surface area contributed by atoms with Crippen LogP contribution in [0.1, 0.15) is 303 Å². The largest absolute Gasteiger partial charge is 0.462 e. The summed E-state index contributed by atoms with van der Waals surface area (Å²) in [5.74, 6) is -0.915. The van der Waals surface area contributed by atoms with Crippen molar-refractivity contribution in [3.05, 3.63) is 109 Å². The van der Waals surface area contributed by atoms with Gasteiger partial charge in [-0.15, -0.1) is 0 Å². The molecule has 0 rings (SSSR count). The van der Waals surface area contributed by atoms with Crippen LogP contribution in [0.15, 0.2) is 109 Å². The van der Waals surface area contributed by atoms with Gasteiger partial charge >= 0.3 is 17.9 Å². The molecule has 440 valence electrons. The summed E-state index contributed by atoms with van der Waals surface area (Å²) in [5, 5.41) is 0. The maximum atomic E-state index is 12.9. The minimum absolute atomic E-state index is 0.0886. The van der Waals surface area contributed by atoms with Gasteiger partial charge in [-0.2, -0.15) is 0 Å². The van der Waals surface area contributed by atoms with Gasteiger partial charge in [-0.3, -0.25) is 14.4 Å². The van der Waals surface area contributed by atoms with Crippen molar-refractivity contribution < 1.29 is 28.6 Å². The van der Waals surface area contributed by atoms with E-state index < -0.39 is 6.10 Å². The van der Waals surface area contributed by atoms with Crippen LogP contribution in [0, 0.1) is 0 Å². The lowest BCUT2D eigenvalue weighted by atomic mass is 10.0. The molecule has 0 aliphatic carbocycles. The normalized spacial score (nSPS) is 12.8. The molecule has 0 bridgehead atoms. The van der Waals surface area contributed by atoms with Gasteiger partial charge in [0.15, 0.2) is 6.10 Å². The van der Waals surface area contributed by atoms with E-state index in [2.05, 4.69) is 130 Å². The summed E-state index contributed by atoms with van der Waals surface area (Å²) in [7, 11) is 0. The smallest absolute Gasteiger partial charge is 0.306 e. The number of ether oxygens (including phenoxy) is 3. The van der Waals surface area contributed by atoms with Crippen molar-refractivity contribution in [2.45, 2.75) is 309 Å². The van der Waals surface area contributed by atoms with Crippen LogP contribution >= 0.6 is 0 Å². The van der Waals surface area contributed by atoms with Crippen LogP contribution in [0.4, 0.5) is 0 Å². The van der Waals surface area contributed by atoms with Crippen molar-refractivity contribution in [3.63, 3.8) is 0 Å². The van der Waals surface area contributed by atoms with Crippen LogP contribution in [0.25, 0.3) is 0 Å². The fourth-order valence-electron chi connectivity index (χ4n) is 8.99. The average Bonchev–Trinajstić information content (AvgIpc) is 3.43. The van der Waals surface area contributed by atoms with E-state index in [0.717, 1.165) is 122 Å². The topological polar surface area (TPSA) is 78.9 Å². The maximum absolute atomic E-state index is 12.9. The van der Waals surface area contributed by atoms with Gasteiger partial charge < -0.3 is 14.2 Å². The first-order valence-corrected chi connectivity index (χ1v) is 32.4. The van der Waals surface area contributed by atoms with Crippen molar-refractivity contribution in [3.8, 4) is 0 Å². The standard InChI is InChI=1S/C71H120O6/c1-4-7-10-13-16-19-21-23-25-27-29-30-31-32-33-34-35-36-37-38-39-40-42-43-45-47-49-52-55-58-61-64-70(73)76-67-68(66-75-69(72)63-60-57-54-51-18-15-12-9-6-3)77-71(74)65-62-59-56-53-50-48-46-44-41-28-26-24-22-20-17-14-11-8-5-2/h7-8,10-11,16-17,19-20,23-26,29-30,41,44,48,50,68H,4-6,9,12-15,18,21-22,27-28,31-40,42-43,45-47,49,51-67H2,1-3H3/b10-7-,11-8-,19-16-,20-17-,25-23-,26-24-,30-29-,44-41-,50-48-. The van der Waals surface area contributed by atoms with Crippen LogP contribution in [0.5, 0.6) is 0 Å². The number of carbonyl (C=O) groups excluding carboxylic acids is 3. The van der Waals surface area contributed by atoms with Crippen LogP contribution in [0.3, 0.4) is 0 Å². The number of carbonyl (C=O) groups is 3. The lowest BCUT2D eigenvalue weighted by Crippen LogP contribution is -2.30. The van der Waals surface area contributed by atoms with Crippen molar-refractivity contribution in [1.29, 1.82) is 0 Å². The fourth-order valence-corrected chi connectivity index (χ4v) is 8.99. The van der Waals surface area contributed by atoms with Crippen LogP contribution in [-0.2, 0) is 28.6 Å². The number of unbranched alkanes of at least 4 members (excludes halogenated alkanes) is 29. The van der Waals surface area contributed by atoms with Gasteiger partial charge in [-0.25, -0.2) is 0 Å². The Hall–Kier alpha value is -3.93. The third kappa shape index (κ3) is 62.8. The molecule has 0 fully saturated rings. The first-order chi connectivity index (χ1) is 38.0. The summed E-state index contributed by atoms with van der Waals surface area (Å²) in [5.41, 5.74) is 0. The van der Waals surface area contributed by atoms with Gasteiger partial charge in [0, 0.05) is 19.3 Å². The fraction of sp³-hybridized carbons (Fsp3) is 0.704. The third-order valence-electron chi connectivity index (χ3n) is 13.8. The molecule has 0 saturated heterocycles. The summed E-state index contributed by atoms with van der Waals surface area (Å²) in [6, 6.07) is 0. The molecule has 6 nitrogen and oxygen atoms in total. The second kappa shape index (κ2) is 64.6. The highest BCUT2D eigenvalue weighted by Gasteiger charge is 2.19. The molecule has 0 aromatic heterocycles. The Labute approximate surface area is 476 Å². The third-order valence-corrected chi connectivity index (χ3v) is 13.8. The number of hydrogen-bond donors (Lipinski definition) is 0. The summed E-state index contributed by atoms with van der Waals surface area (Å²) in [6.07, 6.45) is 88.3. The lowest BCUT2D eigenvalue weighted by Gasteiger charge is -2.18. The molecule has 0 saturated carbocycles. The average molecular weight is 1070 g/mol. The molecule has 77 heavy (non-hydrogen) atoms. The minimum atomic E-state index is -0.793. The molecule has 0 N–H and O–H groups in total. The summed E-state index contributed by atoms with van der Waals surface area (Å²) in [6.45, 7) is 6.39. The van der Waals surface area contributed by atoms with E-state index in [1.54, 1.807) is 0 Å². The number of allylic oxidation sites excluding steroid dienone is 18. The Kier molecular flexibility index (Phi) is 61.3. The first kappa shape index (κ1) is 73.1. The first-order valence-electron chi connectivity index (χ1n) is 32.4. The van der Waals surface area contributed by atoms with Gasteiger partial charge in [0.25, 0.3) is 0 Å². The summed E-state index contributed by atoms with van der Waals surface area (Å²) in [4.78, 5) is 38.2. The molecule has 0 amide bonds. The second-order valence-electron chi connectivity index (χ2n) is 21.3. The highest BCUT2D eigenvalue weighted by Crippen LogP contribution is 2.17. The highest BCUT2D eigenvalue weighted by molar-refractivity contribution is 5.71. The van der Waals surface area contributed by atoms with Crippen molar-refractivity contribution in [2.75, 3.05) is 13.2 Å². The number of hydrogen-bond acceptors (Lipinski definition) is 6. The van der Waals surface area contributed by atoms with E-state index in [0.29, 0.717) is 19.3 Å². The molecule has 0 aromatic carbocycles. The van der Waals surface area contributed by atoms with E-state index in [-0.39, 0.29) is 31.1 Å². The maximum Gasteiger partial charge on any atom is 0.306 e. The zero-order chi connectivity index (χ0) is 55.7. The molecular formula is C71H120O6. The SMILES string of the molecule is CC/C=C\C/C=C\C/C=C\C/C=C\C/C=C\CCCCCC(=O)OC(COC(=O)CCCCCCCCCCC)COC(=O)CCCCCCCCCCCCCCCCCCCC/C=C\C/C=C\C/C=C\C/C=C\CC. The van der Waals surface area contributed by atoms with Gasteiger partial charge in [0.1, 0.15) is 13.2 Å². The van der Waals surface area contributed by atoms with Crippen molar-refractivity contribution in [1.82, 2.24) is 0 Å². The number of esters is 3. The molecule has 0 aromatic rings. The zero-order valence-electron chi connectivity index (χ0n) is 50.4. The Morgan fingerprint density at radius 3 is 0.805 bits per heavy atom. The molecule has 0 aliphatic heterocycles. The summed E-state index contributed by atoms with van der Waals surface area (Å²) < 4.78 is 16.8. The van der Waals surface area contributed by atoms with E-state index in [9.17, 15) is 14.4 Å². The molecule has 1 atom stereocenters. The monoisotopic (exact) mass is 1070 g/mol. The van der Waals surface area contributed by atoms with E-state index >= 15 is 0 Å². The number of rotatable bonds is 58. The predicted molar refractivity (Wildman–Crippen MR) is 334 cm³/mol. The van der Waals surface area contributed by atoms with E-state index in [1.165, 1.54) is 141 Å². The zero-order valence-corrected chi connectivity index (χ0v) is 50.4. The second-order valence-corrected chi connectivity index (χ2v) is 21.3. The predicted octanol–water partition coefficient (Wildman–Crippen LogP) is 22.2. The van der Waals surface area contributed by atoms with E-state index in [1.807, 2.05) is 0 Å². The molecule has 0 spiro atoms. The Morgan fingerprint density at radius 2 is 0.506 bits per heavy atom. The Bertz CT molecular complexity index is 1560. The summed E-state index contributed by atoms with van der Waals surface area (Å²) >= 11 is 0. The molecule has 0 aliphatic rings. The van der Waals surface area contributed by atoms with Gasteiger partial charge in [-0.1, -0.05) is 291 Å². The molecule has 0 radical (unpaired) electrons. The molecule has 0 heterocycles. The van der Waals surface area contributed by atoms with Crippen molar-refractivity contribution in [2.24, 2.45) is 0 Å². The molecule has 1 unspecified atom stereocenters. The van der Waals surface area contributed by atoms with Crippen LogP contribution < -0.4 is 0 Å². The van der Waals surface area contributed by atoms with Gasteiger partial charge in [-0.05, 0) is 103 Å². The van der Waals surface area contributed by atoms with Crippen LogP contribution in [0.2, 0.25) is 0 Å². The highest BCUT2D eigenvalue weighted by atomic mass is 16.6. The van der Waals surface area contributed by atoms with Crippen molar-refractivity contribution >= 4 is 17.9 Å². The Balaban J connectivity index is 4.16. The van der Waals surface area contributed by atoms with Crippen LogP contribution in [-0.4, -0.2) is 37.2 Å². The lowest BCUT2D eigenvalue weighted by molar-refractivity contribution is -0.167. The molecular weight excluding hydrogens is 949 g/mol. The minimum Gasteiger partial charge on any atom is -0.462 e. The quantitative estimate of drug-likeness (QED) is 0.0261. The Morgan fingerprint density at radius 1 is 0.273 bits per heavy atom. The molecule has 6 heteroatoms. The van der Waals surface area contributed by atoms with Gasteiger partial charge in [0.05, 0.1) is 0 Å². The van der Waals surface area contributed by atoms with Gasteiger partial charge in [0.2, 0.25) is 0 Å².